The third-order valence-corrected chi connectivity index (χ3v) is 7.08. The second-order valence-corrected chi connectivity index (χ2v) is 9.31. The Morgan fingerprint density at radius 1 is 1.03 bits per heavy atom. The van der Waals surface area contributed by atoms with Gasteiger partial charge in [0.15, 0.2) is 0 Å². The predicted molar refractivity (Wildman–Crippen MR) is 134 cm³/mol. The number of aromatic amines is 1. The highest BCUT2D eigenvalue weighted by molar-refractivity contribution is 7.98. The van der Waals surface area contributed by atoms with Crippen LogP contribution in [0.1, 0.15) is 33.2 Å². The number of benzene rings is 3. The number of aromatic nitrogens is 1. The van der Waals surface area contributed by atoms with Crippen molar-refractivity contribution in [2.75, 3.05) is 31.8 Å². The Kier molecular flexibility index (Phi) is 5.43. The fourth-order valence-corrected chi connectivity index (χ4v) is 5.08. The third kappa shape index (κ3) is 3.56. The van der Waals surface area contributed by atoms with Gasteiger partial charge in [0.25, 0.3) is 5.91 Å². The summed E-state index contributed by atoms with van der Waals surface area (Å²) in [6.45, 7) is 0.689. The lowest BCUT2D eigenvalue weighted by molar-refractivity contribution is 0.0692. The number of hydrogen-bond donors (Lipinski definition) is 1. The molecular formula is C27H27N3OS. The van der Waals surface area contributed by atoms with Crippen LogP contribution in [0.15, 0.2) is 77.7 Å². The molecule has 0 bridgehead atoms. The number of rotatable bonds is 4. The fourth-order valence-electron chi connectivity index (χ4n) is 4.68. The maximum absolute atomic E-state index is 13.8. The number of nitrogens with one attached hydrogen (secondary N) is 1. The van der Waals surface area contributed by atoms with Gasteiger partial charge in [0, 0.05) is 53.4 Å². The maximum atomic E-state index is 13.8. The van der Waals surface area contributed by atoms with Crippen LogP contribution in [0.2, 0.25) is 0 Å². The zero-order valence-corrected chi connectivity index (χ0v) is 19.4. The van der Waals surface area contributed by atoms with Crippen LogP contribution >= 0.6 is 11.8 Å². The lowest BCUT2D eigenvalue weighted by atomic mass is 9.91. The summed E-state index contributed by atoms with van der Waals surface area (Å²) >= 11 is 1.73. The molecular weight excluding hydrogens is 414 g/mol. The van der Waals surface area contributed by atoms with Gasteiger partial charge in [-0.05, 0) is 60.2 Å². The first kappa shape index (κ1) is 20.7. The minimum Gasteiger partial charge on any atom is -0.378 e. The number of carbonyl (C=O) groups is 1. The predicted octanol–water partition coefficient (Wildman–Crippen LogP) is 5.74. The molecule has 0 aliphatic carbocycles. The van der Waals surface area contributed by atoms with Gasteiger partial charge in [0.2, 0.25) is 0 Å². The van der Waals surface area contributed by atoms with Gasteiger partial charge in [0.1, 0.15) is 0 Å². The van der Waals surface area contributed by atoms with Crippen LogP contribution in [0, 0.1) is 0 Å². The molecule has 4 aromatic rings. The summed E-state index contributed by atoms with van der Waals surface area (Å²) < 4.78 is 0. The average molecular weight is 442 g/mol. The monoisotopic (exact) mass is 441 g/mol. The van der Waals surface area contributed by atoms with Crippen LogP contribution in [0.4, 0.5) is 5.69 Å². The summed E-state index contributed by atoms with van der Waals surface area (Å²) in [5.74, 6) is 0.0666. The molecule has 162 valence electrons. The van der Waals surface area contributed by atoms with Crippen molar-refractivity contribution in [3.8, 4) is 0 Å². The number of hydrogen-bond acceptors (Lipinski definition) is 3. The van der Waals surface area contributed by atoms with Crippen LogP contribution < -0.4 is 4.90 Å². The zero-order chi connectivity index (χ0) is 22.2. The molecule has 1 atom stereocenters. The van der Waals surface area contributed by atoms with E-state index in [9.17, 15) is 4.79 Å². The lowest BCUT2D eigenvalue weighted by Crippen LogP contribution is -2.40. The number of carbonyl (C=O) groups excluding carboxylic acids is 1. The number of thioether (sulfide) groups is 1. The van der Waals surface area contributed by atoms with Crippen LogP contribution in [-0.2, 0) is 6.42 Å². The van der Waals surface area contributed by atoms with Crippen molar-refractivity contribution in [1.29, 1.82) is 0 Å². The molecule has 2 heterocycles. The van der Waals surface area contributed by atoms with Crippen molar-refractivity contribution >= 4 is 34.3 Å². The molecule has 3 aromatic carbocycles. The fraction of sp³-hybridized carbons (Fsp3) is 0.222. The van der Waals surface area contributed by atoms with E-state index < -0.39 is 0 Å². The second kappa shape index (κ2) is 8.40. The van der Waals surface area contributed by atoms with Gasteiger partial charge in [-0.15, -0.1) is 11.8 Å². The molecule has 0 spiro atoms. The molecule has 5 rings (SSSR count). The average Bonchev–Trinajstić information content (AvgIpc) is 3.22. The van der Waals surface area contributed by atoms with E-state index in [-0.39, 0.29) is 11.9 Å². The number of nitrogens with zero attached hydrogens (tertiary/aromatic N) is 2. The van der Waals surface area contributed by atoms with E-state index in [4.69, 9.17) is 0 Å². The topological polar surface area (TPSA) is 39.3 Å². The highest BCUT2D eigenvalue weighted by Gasteiger charge is 2.35. The summed E-state index contributed by atoms with van der Waals surface area (Å²) in [7, 11) is 3.99. The van der Waals surface area contributed by atoms with Gasteiger partial charge in [-0.2, -0.15) is 0 Å². The molecule has 0 fully saturated rings. The Morgan fingerprint density at radius 2 is 1.81 bits per heavy atom. The molecule has 0 saturated carbocycles. The number of amides is 1. The summed E-state index contributed by atoms with van der Waals surface area (Å²) in [4.78, 5) is 22.7. The molecule has 0 saturated heterocycles. The minimum atomic E-state index is -0.141. The van der Waals surface area contributed by atoms with Crippen molar-refractivity contribution in [2.45, 2.75) is 17.4 Å². The van der Waals surface area contributed by atoms with Gasteiger partial charge in [0.05, 0.1) is 6.04 Å². The Balaban J connectivity index is 1.62. The molecule has 32 heavy (non-hydrogen) atoms. The standard InChI is InChI=1S/C27H27N3OS/c1-29(2)20-8-6-7-19(17-20)27(31)30-16-15-23-22-9-4-5-10-24(22)28-25(23)26(30)18-11-13-21(32-3)14-12-18/h4-14,17,26,28H,15-16H2,1-3H3/t26-/m1/s1. The Labute approximate surface area is 193 Å². The maximum Gasteiger partial charge on any atom is 0.254 e. The number of H-pyrrole nitrogens is 1. The number of para-hydroxylation sites is 1. The van der Waals surface area contributed by atoms with Crippen molar-refractivity contribution in [3.63, 3.8) is 0 Å². The Hall–Kier alpha value is -3.18. The van der Waals surface area contributed by atoms with Gasteiger partial charge in [-0.3, -0.25) is 4.79 Å². The molecule has 0 radical (unpaired) electrons. The lowest BCUT2D eigenvalue weighted by Gasteiger charge is -2.36. The first-order valence-electron chi connectivity index (χ1n) is 10.9. The molecule has 1 amide bonds. The molecule has 1 aliphatic rings. The Bertz CT molecular complexity index is 1280. The summed E-state index contributed by atoms with van der Waals surface area (Å²) in [6, 6.07) is 24.8. The molecule has 1 aromatic heterocycles. The van der Waals surface area contributed by atoms with Crippen molar-refractivity contribution < 1.29 is 4.79 Å². The van der Waals surface area contributed by atoms with Gasteiger partial charge in [-0.25, -0.2) is 0 Å². The molecule has 5 heteroatoms. The van der Waals surface area contributed by atoms with E-state index in [0.29, 0.717) is 6.54 Å². The number of anilines is 1. The third-order valence-electron chi connectivity index (χ3n) is 6.34. The zero-order valence-electron chi connectivity index (χ0n) is 18.6. The van der Waals surface area contributed by atoms with Gasteiger partial charge >= 0.3 is 0 Å². The SMILES string of the molecule is CSc1ccc([C@@H]2c3[nH]c4ccccc4c3CCN2C(=O)c2cccc(N(C)C)c2)cc1. The largest absolute Gasteiger partial charge is 0.378 e. The highest BCUT2D eigenvalue weighted by Crippen LogP contribution is 2.39. The van der Waals surface area contributed by atoms with Crippen molar-refractivity contribution in [2.24, 2.45) is 0 Å². The van der Waals surface area contributed by atoms with Crippen LogP contribution in [-0.4, -0.2) is 42.7 Å². The van der Waals surface area contributed by atoms with E-state index >= 15 is 0 Å². The van der Waals surface area contributed by atoms with E-state index in [1.54, 1.807) is 11.8 Å². The summed E-state index contributed by atoms with van der Waals surface area (Å²) in [5, 5.41) is 1.26. The molecule has 1 N–H and O–H groups in total. The summed E-state index contributed by atoms with van der Waals surface area (Å²) in [6.07, 6.45) is 2.93. The molecule has 1 aliphatic heterocycles. The van der Waals surface area contributed by atoms with Crippen LogP contribution in [0.3, 0.4) is 0 Å². The highest BCUT2D eigenvalue weighted by atomic mass is 32.2. The first-order valence-corrected chi connectivity index (χ1v) is 12.1. The van der Waals surface area contributed by atoms with Gasteiger partial charge in [-0.1, -0.05) is 36.4 Å². The van der Waals surface area contributed by atoms with Crippen LogP contribution in [0.25, 0.3) is 10.9 Å². The minimum absolute atomic E-state index is 0.0666. The summed E-state index contributed by atoms with van der Waals surface area (Å²) in [5.41, 5.74) is 6.47. The van der Waals surface area contributed by atoms with Gasteiger partial charge < -0.3 is 14.8 Å². The quantitative estimate of drug-likeness (QED) is 0.410. The second-order valence-electron chi connectivity index (χ2n) is 8.43. The van der Waals surface area contributed by atoms with E-state index in [2.05, 4.69) is 59.8 Å². The molecule has 0 unspecified atom stereocenters. The molecule has 4 nitrogen and oxygen atoms in total. The van der Waals surface area contributed by atoms with E-state index in [0.717, 1.165) is 34.4 Å². The van der Waals surface area contributed by atoms with E-state index in [1.807, 2.05) is 48.2 Å². The normalized spacial score (nSPS) is 15.6. The Morgan fingerprint density at radius 3 is 2.56 bits per heavy atom. The number of fused-ring (bicyclic) bond motifs is 3. The first-order chi connectivity index (χ1) is 15.6. The smallest absolute Gasteiger partial charge is 0.254 e. The van der Waals surface area contributed by atoms with Crippen molar-refractivity contribution in [1.82, 2.24) is 9.88 Å². The van der Waals surface area contributed by atoms with Crippen LogP contribution in [0.5, 0.6) is 0 Å². The van der Waals surface area contributed by atoms with E-state index in [1.165, 1.54) is 15.8 Å². The van der Waals surface area contributed by atoms with Crippen molar-refractivity contribution in [3.05, 3.63) is 95.2 Å².